The zero-order valence-corrected chi connectivity index (χ0v) is 19.7. The fraction of sp³-hybridized carbons (Fsp3) is 0.400. The Bertz CT molecular complexity index is 1250. The van der Waals surface area contributed by atoms with Gasteiger partial charge in [0.2, 0.25) is 5.95 Å². The first-order chi connectivity index (χ1) is 16.2. The smallest absolute Gasteiger partial charge is 0.253 e. The number of amides is 1. The van der Waals surface area contributed by atoms with Crippen LogP contribution in [0.1, 0.15) is 63.2 Å². The first kappa shape index (κ1) is 23.4. The van der Waals surface area contributed by atoms with Crippen LogP contribution in [0.15, 0.2) is 46.1 Å². The lowest BCUT2D eigenvalue weighted by Gasteiger charge is -2.24. The van der Waals surface area contributed by atoms with Gasteiger partial charge in [0.1, 0.15) is 17.2 Å². The van der Waals surface area contributed by atoms with Crippen molar-refractivity contribution in [2.24, 2.45) is 0 Å². The number of nitrogens with zero attached hydrogens (tertiary/aromatic N) is 2. The van der Waals surface area contributed by atoms with Crippen LogP contribution in [0.5, 0.6) is 0 Å². The number of carbonyl (C=O) groups is 1. The normalized spacial score (nSPS) is 14.6. The summed E-state index contributed by atoms with van der Waals surface area (Å²) in [4.78, 5) is 45.3. The first-order valence-electron chi connectivity index (χ1n) is 11.6. The molecule has 0 aliphatic heterocycles. The summed E-state index contributed by atoms with van der Waals surface area (Å²) in [6.07, 6.45) is 7.12. The molecule has 4 N–H and O–H groups in total. The van der Waals surface area contributed by atoms with Crippen molar-refractivity contribution in [2.75, 3.05) is 16.0 Å². The van der Waals surface area contributed by atoms with Crippen LogP contribution in [0.25, 0.3) is 0 Å². The molecule has 1 amide bonds. The van der Waals surface area contributed by atoms with Gasteiger partial charge in [0, 0.05) is 29.0 Å². The minimum atomic E-state index is -0.587. The second kappa shape index (κ2) is 9.62. The molecule has 0 spiro atoms. The predicted molar refractivity (Wildman–Crippen MR) is 134 cm³/mol. The summed E-state index contributed by atoms with van der Waals surface area (Å²) in [7, 11) is 0. The number of benzene rings is 1. The Morgan fingerprint density at radius 3 is 2.44 bits per heavy atom. The van der Waals surface area contributed by atoms with Gasteiger partial charge >= 0.3 is 0 Å². The molecule has 1 aromatic heterocycles. The zero-order chi connectivity index (χ0) is 24.3. The molecule has 0 radical (unpaired) electrons. The summed E-state index contributed by atoms with van der Waals surface area (Å²) in [5.41, 5.74) is 0.160. The number of nitrogens with one attached hydrogen (secondary N) is 4. The number of carbonyl (C=O) groups excluding carboxylic acids is 1. The van der Waals surface area contributed by atoms with Crippen molar-refractivity contribution in [1.29, 1.82) is 0 Å². The Morgan fingerprint density at radius 2 is 1.71 bits per heavy atom. The van der Waals surface area contributed by atoms with E-state index in [0.717, 1.165) is 25.7 Å². The second-order valence-corrected chi connectivity index (χ2v) is 9.69. The van der Waals surface area contributed by atoms with E-state index < -0.39 is 10.9 Å². The maximum absolute atomic E-state index is 12.7. The third kappa shape index (κ3) is 5.59. The van der Waals surface area contributed by atoms with Gasteiger partial charge in [-0.2, -0.15) is 4.98 Å². The molecule has 0 saturated heterocycles. The Balaban J connectivity index is 1.45. The van der Waals surface area contributed by atoms with Gasteiger partial charge in [-0.1, -0.05) is 25.3 Å². The van der Waals surface area contributed by atoms with Crippen LogP contribution in [-0.2, 0) is 0 Å². The minimum Gasteiger partial charge on any atom is -0.375 e. The molecule has 1 aliphatic rings. The van der Waals surface area contributed by atoms with Crippen LogP contribution in [0.2, 0.25) is 0 Å². The highest BCUT2D eigenvalue weighted by Crippen LogP contribution is 2.24. The maximum atomic E-state index is 12.7. The molecule has 0 atom stereocenters. The van der Waals surface area contributed by atoms with E-state index in [1.54, 1.807) is 30.5 Å². The van der Waals surface area contributed by atoms with Crippen molar-refractivity contribution < 1.29 is 4.79 Å². The van der Waals surface area contributed by atoms with Gasteiger partial charge in [-0.25, -0.2) is 4.98 Å². The Hall–Kier alpha value is -3.75. The van der Waals surface area contributed by atoms with Crippen molar-refractivity contribution in [3.05, 3.63) is 62.5 Å². The van der Waals surface area contributed by atoms with Crippen LogP contribution in [-0.4, -0.2) is 27.5 Å². The maximum Gasteiger partial charge on any atom is 0.253 e. The molecular weight excluding hydrogens is 432 g/mol. The minimum absolute atomic E-state index is 0.0918. The Morgan fingerprint density at radius 1 is 0.971 bits per heavy atom. The molecule has 1 fully saturated rings. The monoisotopic (exact) mass is 462 g/mol. The van der Waals surface area contributed by atoms with Crippen molar-refractivity contribution in [2.45, 2.75) is 64.5 Å². The predicted octanol–water partition coefficient (Wildman–Crippen LogP) is 3.83. The van der Waals surface area contributed by atoms with Crippen LogP contribution in [0.4, 0.5) is 28.8 Å². The van der Waals surface area contributed by atoms with Gasteiger partial charge in [0.05, 0.1) is 0 Å². The zero-order valence-electron chi connectivity index (χ0n) is 19.7. The molecule has 9 heteroatoms. The van der Waals surface area contributed by atoms with E-state index in [9.17, 15) is 14.4 Å². The van der Waals surface area contributed by atoms with Crippen LogP contribution < -0.4 is 32.1 Å². The lowest BCUT2D eigenvalue weighted by molar-refractivity contribution is 0.0927. The Labute approximate surface area is 198 Å². The third-order valence-corrected chi connectivity index (χ3v) is 5.64. The summed E-state index contributed by atoms with van der Waals surface area (Å²) in [6, 6.07) is 8.99. The molecule has 3 aromatic rings. The number of anilines is 5. The van der Waals surface area contributed by atoms with E-state index >= 15 is 0 Å². The van der Waals surface area contributed by atoms with Crippen molar-refractivity contribution >= 4 is 34.7 Å². The van der Waals surface area contributed by atoms with Gasteiger partial charge in [0.15, 0.2) is 0 Å². The molecule has 9 nitrogen and oxygen atoms in total. The molecule has 0 bridgehead atoms. The average Bonchev–Trinajstić information content (AvgIpc) is 2.81. The highest BCUT2D eigenvalue weighted by molar-refractivity contribution is 5.95. The molecule has 2 aromatic carbocycles. The van der Waals surface area contributed by atoms with E-state index in [-0.39, 0.29) is 28.9 Å². The first-order valence-corrected chi connectivity index (χ1v) is 11.6. The average molecular weight is 463 g/mol. The summed E-state index contributed by atoms with van der Waals surface area (Å²) >= 11 is 0. The lowest BCUT2D eigenvalue weighted by atomic mass is 9.95. The van der Waals surface area contributed by atoms with Crippen molar-refractivity contribution in [3.8, 4) is 0 Å². The molecule has 4 rings (SSSR count). The molecule has 34 heavy (non-hydrogen) atoms. The highest BCUT2D eigenvalue weighted by Gasteiger charge is 2.25. The number of aromatic nitrogens is 2. The van der Waals surface area contributed by atoms with Crippen molar-refractivity contribution in [1.82, 2.24) is 15.3 Å². The van der Waals surface area contributed by atoms with Gasteiger partial charge in [-0.3, -0.25) is 14.4 Å². The van der Waals surface area contributed by atoms with Crippen LogP contribution >= 0.6 is 0 Å². The van der Waals surface area contributed by atoms with Gasteiger partial charge in [-0.15, -0.1) is 0 Å². The van der Waals surface area contributed by atoms with Gasteiger partial charge < -0.3 is 21.3 Å². The van der Waals surface area contributed by atoms with E-state index in [0.29, 0.717) is 23.0 Å². The molecular formula is C25H30N6O3. The van der Waals surface area contributed by atoms with E-state index in [1.165, 1.54) is 6.42 Å². The molecule has 178 valence electrons. The number of hydrogen-bond acceptors (Lipinski definition) is 8. The van der Waals surface area contributed by atoms with E-state index in [2.05, 4.69) is 31.2 Å². The number of rotatable bonds is 7. The quantitative estimate of drug-likeness (QED) is 0.391. The molecule has 0 unspecified atom stereocenters. The SMILES string of the molecule is CC(C)(C)Nc1c(Nc2ccnc(Nc3cccc(C(=O)NC4CCCCC4)c3)n2)c(=O)c1=O. The standard InChI is InChI=1S/C25H30N6O3/c1-25(2,3)31-20-19(21(32)22(20)33)29-18-12-13-26-24(30-18)28-17-11-7-8-15(14-17)23(34)27-16-9-5-4-6-10-16/h7-8,11-14,16,31H,4-6,9-10H2,1-3H3,(H,27,34)(H2,26,28,29,30). The topological polar surface area (TPSA) is 125 Å². The summed E-state index contributed by atoms with van der Waals surface area (Å²) in [6.45, 7) is 5.72. The summed E-state index contributed by atoms with van der Waals surface area (Å²) < 4.78 is 0. The van der Waals surface area contributed by atoms with E-state index in [4.69, 9.17) is 0 Å². The van der Waals surface area contributed by atoms with Gasteiger partial charge in [-0.05, 0) is 57.9 Å². The van der Waals surface area contributed by atoms with E-state index in [1.807, 2.05) is 26.8 Å². The van der Waals surface area contributed by atoms with Crippen LogP contribution in [0, 0.1) is 0 Å². The molecule has 1 saturated carbocycles. The fourth-order valence-corrected chi connectivity index (χ4v) is 4.00. The number of hydrogen-bond donors (Lipinski definition) is 4. The Kier molecular flexibility index (Phi) is 6.63. The lowest BCUT2D eigenvalue weighted by Crippen LogP contribution is -2.41. The fourth-order valence-electron chi connectivity index (χ4n) is 4.00. The second-order valence-electron chi connectivity index (χ2n) is 9.69. The van der Waals surface area contributed by atoms with Crippen molar-refractivity contribution in [3.63, 3.8) is 0 Å². The van der Waals surface area contributed by atoms with Crippen LogP contribution in [0.3, 0.4) is 0 Å². The highest BCUT2D eigenvalue weighted by atomic mass is 16.2. The molecule has 1 heterocycles. The molecule has 1 aliphatic carbocycles. The summed E-state index contributed by atoms with van der Waals surface area (Å²) in [5, 5.41) is 12.2. The third-order valence-electron chi connectivity index (χ3n) is 5.64. The largest absolute Gasteiger partial charge is 0.375 e. The van der Waals surface area contributed by atoms with Gasteiger partial charge in [0.25, 0.3) is 16.8 Å². The summed E-state index contributed by atoms with van der Waals surface area (Å²) in [5.74, 6) is 0.567.